The Balaban J connectivity index is 1.87. The highest BCUT2D eigenvalue weighted by molar-refractivity contribution is 9.10. The molecule has 2 heterocycles. The second-order valence-corrected chi connectivity index (χ2v) is 4.59. The lowest BCUT2D eigenvalue weighted by molar-refractivity contribution is 0.377. The van der Waals surface area contributed by atoms with E-state index in [0.29, 0.717) is 18.1 Å². The second kappa shape index (κ2) is 5.27. The third-order valence-corrected chi connectivity index (χ3v) is 3.09. The van der Waals surface area contributed by atoms with Crippen LogP contribution in [0.15, 0.2) is 21.3 Å². The fraction of sp³-hybridized carbons (Fsp3) is 0.364. The molecule has 0 unspecified atom stereocenters. The summed E-state index contributed by atoms with van der Waals surface area (Å²) in [5.41, 5.74) is 1.15. The van der Waals surface area contributed by atoms with Gasteiger partial charge in [0.05, 0.1) is 0 Å². The van der Waals surface area contributed by atoms with Crippen molar-refractivity contribution in [3.05, 3.63) is 34.0 Å². The summed E-state index contributed by atoms with van der Waals surface area (Å²) in [7, 11) is 0. The van der Waals surface area contributed by atoms with Gasteiger partial charge in [0.2, 0.25) is 5.89 Å². The molecule has 2 rings (SSSR count). The first-order chi connectivity index (χ1) is 8.15. The Hall–Kier alpha value is -1.43. The van der Waals surface area contributed by atoms with Crippen molar-refractivity contribution in [3.8, 4) is 0 Å². The Kier molecular flexibility index (Phi) is 3.73. The van der Waals surface area contributed by atoms with Crippen LogP contribution in [0.1, 0.15) is 17.3 Å². The summed E-state index contributed by atoms with van der Waals surface area (Å²) in [6, 6.07) is 1.99. The molecule has 2 aromatic heterocycles. The summed E-state index contributed by atoms with van der Waals surface area (Å²) in [4.78, 5) is 8.38. The number of aromatic nitrogens is 3. The first-order valence-corrected chi connectivity index (χ1v) is 6.09. The molecule has 0 fully saturated rings. The predicted octanol–water partition coefficient (Wildman–Crippen LogP) is 2.50. The fourth-order valence-electron chi connectivity index (χ4n) is 1.38. The molecule has 0 aliphatic heterocycles. The van der Waals surface area contributed by atoms with E-state index in [2.05, 4.69) is 36.4 Å². The van der Waals surface area contributed by atoms with Gasteiger partial charge in [-0.1, -0.05) is 5.16 Å². The lowest BCUT2D eigenvalue weighted by Crippen LogP contribution is -2.06. The van der Waals surface area contributed by atoms with Gasteiger partial charge in [0.15, 0.2) is 5.82 Å². The Labute approximate surface area is 108 Å². The number of halogens is 1. The van der Waals surface area contributed by atoms with E-state index in [1.54, 1.807) is 13.1 Å². The summed E-state index contributed by atoms with van der Waals surface area (Å²) < 4.78 is 6.03. The van der Waals surface area contributed by atoms with Crippen LogP contribution in [0.2, 0.25) is 0 Å². The molecule has 0 atom stereocenters. The number of aryl methyl sites for hydroxylation is 2. The summed E-state index contributed by atoms with van der Waals surface area (Å²) in [5, 5.41) is 6.94. The monoisotopic (exact) mass is 296 g/mol. The maximum atomic E-state index is 5.02. The van der Waals surface area contributed by atoms with Crippen LogP contribution in [0.25, 0.3) is 0 Å². The predicted molar refractivity (Wildman–Crippen MR) is 67.9 cm³/mol. The van der Waals surface area contributed by atoms with Gasteiger partial charge in [-0.3, -0.25) is 0 Å². The summed E-state index contributed by atoms with van der Waals surface area (Å²) in [6.07, 6.45) is 2.48. The van der Waals surface area contributed by atoms with Crippen molar-refractivity contribution in [1.82, 2.24) is 15.1 Å². The highest BCUT2D eigenvalue weighted by Gasteiger charge is 2.03. The molecular weight excluding hydrogens is 284 g/mol. The highest BCUT2D eigenvalue weighted by atomic mass is 79.9. The Morgan fingerprint density at radius 2 is 2.24 bits per heavy atom. The lowest BCUT2D eigenvalue weighted by Gasteiger charge is -2.05. The van der Waals surface area contributed by atoms with Gasteiger partial charge in [-0.15, -0.1) is 0 Å². The SMILES string of the molecule is Cc1noc(CCNc2cc(C)c(Br)cn2)n1. The minimum atomic E-state index is 0.642. The molecule has 0 amide bonds. The molecule has 5 nitrogen and oxygen atoms in total. The Bertz CT molecular complexity index is 512. The molecule has 0 aliphatic rings. The smallest absolute Gasteiger partial charge is 0.228 e. The van der Waals surface area contributed by atoms with Crippen molar-refractivity contribution < 1.29 is 4.52 Å². The molecular formula is C11H13BrN4O. The van der Waals surface area contributed by atoms with E-state index in [0.717, 1.165) is 22.4 Å². The minimum Gasteiger partial charge on any atom is -0.370 e. The molecule has 0 radical (unpaired) electrons. The molecule has 1 N–H and O–H groups in total. The van der Waals surface area contributed by atoms with Crippen LogP contribution in [0.4, 0.5) is 5.82 Å². The van der Waals surface area contributed by atoms with E-state index >= 15 is 0 Å². The number of nitrogens with one attached hydrogen (secondary N) is 1. The van der Waals surface area contributed by atoms with Crippen LogP contribution < -0.4 is 5.32 Å². The number of nitrogens with zero attached hydrogens (tertiary/aromatic N) is 3. The number of anilines is 1. The molecule has 17 heavy (non-hydrogen) atoms. The maximum Gasteiger partial charge on any atom is 0.228 e. The van der Waals surface area contributed by atoms with Crippen molar-refractivity contribution in [2.45, 2.75) is 20.3 Å². The van der Waals surface area contributed by atoms with E-state index in [-0.39, 0.29) is 0 Å². The van der Waals surface area contributed by atoms with E-state index in [9.17, 15) is 0 Å². The summed E-state index contributed by atoms with van der Waals surface area (Å²) in [6.45, 7) is 4.55. The first kappa shape index (κ1) is 12.0. The zero-order chi connectivity index (χ0) is 12.3. The quantitative estimate of drug-likeness (QED) is 0.939. The van der Waals surface area contributed by atoms with Crippen molar-refractivity contribution in [1.29, 1.82) is 0 Å². The van der Waals surface area contributed by atoms with Crippen molar-refractivity contribution in [3.63, 3.8) is 0 Å². The Morgan fingerprint density at radius 1 is 1.41 bits per heavy atom. The van der Waals surface area contributed by atoms with Gasteiger partial charge in [0, 0.05) is 23.6 Å². The topological polar surface area (TPSA) is 63.8 Å². The first-order valence-electron chi connectivity index (χ1n) is 5.30. The van der Waals surface area contributed by atoms with Crippen molar-refractivity contribution in [2.75, 3.05) is 11.9 Å². The molecule has 0 saturated heterocycles. The van der Waals surface area contributed by atoms with Gasteiger partial charge in [0.1, 0.15) is 5.82 Å². The zero-order valence-electron chi connectivity index (χ0n) is 9.70. The number of hydrogen-bond donors (Lipinski definition) is 1. The van der Waals surface area contributed by atoms with Gasteiger partial charge in [-0.2, -0.15) is 4.98 Å². The van der Waals surface area contributed by atoms with Gasteiger partial charge in [0.25, 0.3) is 0 Å². The van der Waals surface area contributed by atoms with Gasteiger partial charge in [-0.25, -0.2) is 4.98 Å². The number of hydrogen-bond acceptors (Lipinski definition) is 5. The minimum absolute atomic E-state index is 0.642. The summed E-state index contributed by atoms with van der Waals surface area (Å²) in [5.74, 6) is 2.16. The largest absolute Gasteiger partial charge is 0.370 e. The average Bonchev–Trinajstić information content (AvgIpc) is 2.70. The van der Waals surface area contributed by atoms with E-state index in [1.807, 2.05) is 13.0 Å². The van der Waals surface area contributed by atoms with Crippen LogP contribution in [-0.2, 0) is 6.42 Å². The second-order valence-electron chi connectivity index (χ2n) is 3.73. The molecule has 0 bridgehead atoms. The fourth-order valence-corrected chi connectivity index (χ4v) is 1.59. The molecule has 0 saturated carbocycles. The van der Waals surface area contributed by atoms with E-state index in [4.69, 9.17) is 4.52 Å². The third kappa shape index (κ3) is 3.26. The van der Waals surface area contributed by atoms with Crippen LogP contribution >= 0.6 is 15.9 Å². The van der Waals surface area contributed by atoms with Crippen LogP contribution in [0.5, 0.6) is 0 Å². The molecule has 90 valence electrons. The van der Waals surface area contributed by atoms with Gasteiger partial charge < -0.3 is 9.84 Å². The van der Waals surface area contributed by atoms with Crippen LogP contribution in [-0.4, -0.2) is 21.7 Å². The zero-order valence-corrected chi connectivity index (χ0v) is 11.3. The highest BCUT2D eigenvalue weighted by Crippen LogP contribution is 2.17. The Morgan fingerprint density at radius 3 is 2.88 bits per heavy atom. The molecule has 0 aromatic carbocycles. The number of pyridine rings is 1. The molecule has 6 heteroatoms. The van der Waals surface area contributed by atoms with E-state index in [1.165, 1.54) is 0 Å². The normalized spacial score (nSPS) is 10.5. The standard InChI is InChI=1S/C11H13BrN4O/c1-7-5-10(14-6-9(7)12)13-4-3-11-15-8(2)16-17-11/h5-6H,3-4H2,1-2H3,(H,13,14). The molecule has 0 spiro atoms. The number of rotatable bonds is 4. The van der Waals surface area contributed by atoms with Gasteiger partial charge >= 0.3 is 0 Å². The van der Waals surface area contributed by atoms with Gasteiger partial charge in [-0.05, 0) is 41.4 Å². The maximum absolute atomic E-state index is 5.02. The van der Waals surface area contributed by atoms with E-state index < -0.39 is 0 Å². The van der Waals surface area contributed by atoms with Crippen molar-refractivity contribution in [2.24, 2.45) is 0 Å². The molecule has 0 aliphatic carbocycles. The van der Waals surface area contributed by atoms with Crippen LogP contribution in [0, 0.1) is 13.8 Å². The lowest BCUT2D eigenvalue weighted by atomic mass is 10.3. The van der Waals surface area contributed by atoms with Crippen LogP contribution in [0.3, 0.4) is 0 Å². The van der Waals surface area contributed by atoms with Crippen molar-refractivity contribution >= 4 is 21.7 Å². The third-order valence-electron chi connectivity index (χ3n) is 2.26. The molecule has 2 aromatic rings. The average molecular weight is 297 g/mol. The summed E-state index contributed by atoms with van der Waals surface area (Å²) >= 11 is 3.41.